The number of nitrogens with one attached hydrogen (secondary N) is 1. The number of hydrogen-bond acceptors (Lipinski definition) is 2. The zero-order chi connectivity index (χ0) is 18.2. The minimum atomic E-state index is -0.187. The lowest BCUT2D eigenvalue weighted by Gasteiger charge is -2.25. The van der Waals surface area contributed by atoms with Crippen molar-refractivity contribution in [3.63, 3.8) is 0 Å². The minimum Gasteiger partial charge on any atom is -0.305 e. The Morgan fingerprint density at radius 2 is 1.80 bits per heavy atom. The molecule has 0 fully saturated rings. The van der Waals surface area contributed by atoms with E-state index in [0.29, 0.717) is 5.71 Å². The van der Waals surface area contributed by atoms with Crippen LogP contribution in [0, 0.1) is 10.8 Å². The Balaban J connectivity index is 2.27. The van der Waals surface area contributed by atoms with Gasteiger partial charge in [-0.3, -0.25) is 0 Å². The van der Waals surface area contributed by atoms with Crippen LogP contribution in [-0.4, -0.2) is 31.3 Å². The van der Waals surface area contributed by atoms with Gasteiger partial charge in [0.15, 0.2) is 0 Å². The van der Waals surface area contributed by atoms with Crippen LogP contribution in [0.15, 0.2) is 54.1 Å². The minimum absolute atomic E-state index is 0.187. The van der Waals surface area contributed by atoms with Crippen molar-refractivity contribution < 1.29 is 0 Å². The second-order valence-corrected chi connectivity index (χ2v) is 8.18. The molecule has 0 atom stereocenters. The van der Waals surface area contributed by atoms with Crippen LogP contribution >= 0.6 is 0 Å². The first-order valence-electron chi connectivity index (χ1n) is 8.94. The van der Waals surface area contributed by atoms with Crippen LogP contribution < -0.4 is 0 Å². The molecule has 2 heteroatoms. The van der Waals surface area contributed by atoms with Gasteiger partial charge in [0.2, 0.25) is 0 Å². The van der Waals surface area contributed by atoms with E-state index in [2.05, 4.69) is 88.3 Å². The number of allylic oxidation sites excluding steroid dienone is 2. The van der Waals surface area contributed by atoms with Gasteiger partial charge in [0, 0.05) is 23.2 Å². The van der Waals surface area contributed by atoms with E-state index >= 15 is 0 Å². The molecule has 130 valence electrons. The van der Waals surface area contributed by atoms with Gasteiger partial charge >= 0.3 is 0 Å². The molecule has 0 aromatic heterocycles. The van der Waals surface area contributed by atoms with Crippen LogP contribution in [0.4, 0.5) is 0 Å². The van der Waals surface area contributed by atoms with Gasteiger partial charge in [-0.15, -0.1) is 0 Å². The van der Waals surface area contributed by atoms with Gasteiger partial charge in [-0.2, -0.15) is 0 Å². The van der Waals surface area contributed by atoms with Crippen molar-refractivity contribution in [1.82, 2.24) is 4.90 Å². The third-order valence-electron chi connectivity index (χ3n) is 4.77. The molecule has 2 aromatic carbocycles. The van der Waals surface area contributed by atoms with E-state index in [1.807, 2.05) is 0 Å². The Hall–Kier alpha value is -2.19. The summed E-state index contributed by atoms with van der Waals surface area (Å²) in [5.74, 6) is 0. The number of rotatable bonds is 4. The third kappa shape index (κ3) is 3.45. The largest absolute Gasteiger partial charge is 0.305 e. The maximum atomic E-state index is 8.92. The molecule has 0 aliphatic heterocycles. The first-order valence-corrected chi connectivity index (χ1v) is 8.94. The van der Waals surface area contributed by atoms with Gasteiger partial charge in [0.25, 0.3) is 0 Å². The van der Waals surface area contributed by atoms with Gasteiger partial charge in [0.1, 0.15) is 0 Å². The van der Waals surface area contributed by atoms with Crippen LogP contribution in [0.25, 0.3) is 16.3 Å². The molecule has 1 N–H and O–H groups in total. The van der Waals surface area contributed by atoms with E-state index in [9.17, 15) is 0 Å². The predicted molar refractivity (Wildman–Crippen MR) is 109 cm³/mol. The van der Waals surface area contributed by atoms with E-state index in [0.717, 1.165) is 18.5 Å². The van der Waals surface area contributed by atoms with E-state index < -0.39 is 0 Å². The fourth-order valence-corrected chi connectivity index (χ4v) is 3.49. The Labute approximate surface area is 151 Å². The standard InChI is InChI=1S/C23H28N2/c1-23(2,3)22(24)21-19-11-7-6-9-16(19)13-14-20(21)18-12-8-10-17(18)15-25(4)5/h6-11,13-14,24H,12,15H2,1-5H3. The average molecular weight is 332 g/mol. The van der Waals surface area contributed by atoms with E-state index in [-0.39, 0.29) is 5.41 Å². The molecular formula is C23H28N2. The van der Waals surface area contributed by atoms with Gasteiger partial charge in [-0.05, 0) is 48.0 Å². The smallest absolute Gasteiger partial charge is 0.0451 e. The molecule has 0 heterocycles. The van der Waals surface area contributed by atoms with Crippen LogP contribution in [0.3, 0.4) is 0 Å². The van der Waals surface area contributed by atoms with Crippen LogP contribution in [-0.2, 0) is 0 Å². The average Bonchev–Trinajstić information content (AvgIpc) is 2.99. The van der Waals surface area contributed by atoms with Crippen LogP contribution in [0.5, 0.6) is 0 Å². The zero-order valence-corrected chi connectivity index (χ0v) is 16.0. The molecule has 0 radical (unpaired) electrons. The summed E-state index contributed by atoms with van der Waals surface area (Å²) in [6.45, 7) is 7.32. The second kappa shape index (κ2) is 6.61. The lowest BCUT2D eigenvalue weighted by molar-refractivity contribution is 0.450. The normalized spacial score (nSPS) is 14.8. The summed E-state index contributed by atoms with van der Waals surface area (Å²) < 4.78 is 0. The third-order valence-corrected chi connectivity index (χ3v) is 4.77. The summed E-state index contributed by atoms with van der Waals surface area (Å²) in [5, 5.41) is 11.3. The molecule has 3 rings (SSSR count). The Morgan fingerprint density at radius 1 is 1.08 bits per heavy atom. The van der Waals surface area contributed by atoms with Crippen molar-refractivity contribution >= 4 is 22.1 Å². The molecule has 1 aliphatic carbocycles. The molecule has 0 saturated heterocycles. The molecule has 1 aliphatic rings. The molecule has 0 saturated carbocycles. The number of hydrogen-bond donors (Lipinski definition) is 1. The van der Waals surface area contributed by atoms with Crippen molar-refractivity contribution in [3.05, 3.63) is 65.3 Å². The molecule has 0 bridgehead atoms. The molecule has 2 aromatic rings. The number of benzene rings is 2. The molecule has 25 heavy (non-hydrogen) atoms. The van der Waals surface area contributed by atoms with E-state index in [1.165, 1.54) is 27.5 Å². The molecular weight excluding hydrogens is 304 g/mol. The number of nitrogens with zero attached hydrogens (tertiary/aromatic N) is 1. The van der Waals surface area contributed by atoms with Crippen molar-refractivity contribution in [3.8, 4) is 0 Å². The second-order valence-electron chi connectivity index (χ2n) is 8.18. The highest BCUT2D eigenvalue weighted by molar-refractivity contribution is 6.15. The first-order chi connectivity index (χ1) is 11.8. The maximum Gasteiger partial charge on any atom is 0.0451 e. The predicted octanol–water partition coefficient (Wildman–Crippen LogP) is 5.53. The lowest BCUT2D eigenvalue weighted by Crippen LogP contribution is -2.22. The van der Waals surface area contributed by atoms with E-state index in [1.54, 1.807) is 0 Å². The molecule has 0 spiro atoms. The highest BCUT2D eigenvalue weighted by atomic mass is 15.0. The summed E-state index contributed by atoms with van der Waals surface area (Å²) in [5.41, 5.74) is 5.57. The molecule has 2 nitrogen and oxygen atoms in total. The van der Waals surface area contributed by atoms with Crippen molar-refractivity contribution in [2.45, 2.75) is 27.2 Å². The van der Waals surface area contributed by atoms with Crippen molar-refractivity contribution in [2.24, 2.45) is 5.41 Å². The quantitative estimate of drug-likeness (QED) is 0.732. The highest BCUT2D eigenvalue weighted by Crippen LogP contribution is 2.37. The van der Waals surface area contributed by atoms with E-state index in [4.69, 9.17) is 5.41 Å². The monoisotopic (exact) mass is 332 g/mol. The molecule has 0 amide bonds. The summed E-state index contributed by atoms with van der Waals surface area (Å²) in [6, 6.07) is 12.9. The fraction of sp³-hybridized carbons (Fsp3) is 0.348. The van der Waals surface area contributed by atoms with Crippen molar-refractivity contribution in [1.29, 1.82) is 5.41 Å². The van der Waals surface area contributed by atoms with Gasteiger partial charge in [-0.1, -0.05) is 69.3 Å². The SMILES string of the molecule is CN(C)CC1=C(c2ccc3ccccc3c2C(=N)C(C)(C)C)CC=C1. The number of likely N-dealkylation sites (N-methyl/N-ethyl adjacent to an activating group) is 1. The summed E-state index contributed by atoms with van der Waals surface area (Å²) >= 11 is 0. The van der Waals surface area contributed by atoms with Crippen LogP contribution in [0.1, 0.15) is 38.3 Å². The Kier molecular flexibility index (Phi) is 4.66. The lowest BCUT2D eigenvalue weighted by atomic mass is 9.80. The Bertz CT molecular complexity index is 877. The number of fused-ring (bicyclic) bond motifs is 1. The molecule has 0 unspecified atom stereocenters. The van der Waals surface area contributed by atoms with Crippen molar-refractivity contribution in [2.75, 3.05) is 20.6 Å². The summed E-state index contributed by atoms with van der Waals surface area (Å²) in [6.07, 6.45) is 5.44. The highest BCUT2D eigenvalue weighted by Gasteiger charge is 2.25. The first kappa shape index (κ1) is 17.6. The topological polar surface area (TPSA) is 27.1 Å². The summed E-state index contributed by atoms with van der Waals surface area (Å²) in [4.78, 5) is 2.21. The maximum absolute atomic E-state index is 8.92. The zero-order valence-electron chi connectivity index (χ0n) is 16.0. The fourth-order valence-electron chi connectivity index (χ4n) is 3.49. The van der Waals surface area contributed by atoms with Gasteiger partial charge < -0.3 is 10.3 Å². The Morgan fingerprint density at radius 3 is 2.48 bits per heavy atom. The van der Waals surface area contributed by atoms with Gasteiger partial charge in [0.05, 0.1) is 0 Å². The van der Waals surface area contributed by atoms with Gasteiger partial charge in [-0.25, -0.2) is 0 Å². The van der Waals surface area contributed by atoms with Crippen LogP contribution in [0.2, 0.25) is 0 Å². The summed E-state index contributed by atoms with van der Waals surface area (Å²) in [7, 11) is 4.21.